The molecule has 3 heterocycles. The molecule has 12 rings (SSSR count). The molecule has 9 aromatic carbocycles. The molecule has 3 aromatic heterocycles. The van der Waals surface area contributed by atoms with Gasteiger partial charge < -0.3 is 9.13 Å². The van der Waals surface area contributed by atoms with Gasteiger partial charge >= 0.3 is 0 Å². The molecule has 0 radical (unpaired) electrons. The van der Waals surface area contributed by atoms with E-state index in [1.165, 1.54) is 88.2 Å². The molecule has 0 amide bonds. The van der Waals surface area contributed by atoms with Crippen LogP contribution in [-0.4, -0.2) is 24.1 Å². The Labute approximate surface area is 396 Å². The average molecular weight is 876 g/mol. The lowest BCUT2D eigenvalue weighted by atomic mass is 9.93. The van der Waals surface area contributed by atoms with Crippen LogP contribution in [0.2, 0.25) is 0 Å². The minimum absolute atomic E-state index is 0.623. The molecule has 5 heteroatoms. The van der Waals surface area contributed by atoms with Gasteiger partial charge in [-0.1, -0.05) is 139 Å². The fraction of sp³-hybridized carbons (Fsp3) is 0.0952. The quantitative estimate of drug-likeness (QED) is 0.160. The molecule has 0 atom stereocenters. The van der Waals surface area contributed by atoms with Crippen molar-refractivity contribution in [2.75, 3.05) is 0 Å². The Bertz CT molecular complexity index is 3730. The van der Waals surface area contributed by atoms with Crippen molar-refractivity contribution in [2.45, 2.75) is 41.5 Å². The van der Waals surface area contributed by atoms with E-state index in [1.54, 1.807) is 0 Å². The van der Waals surface area contributed by atoms with Gasteiger partial charge in [-0.2, -0.15) is 0 Å². The average Bonchev–Trinajstić information content (AvgIpc) is 3.86. The van der Waals surface area contributed by atoms with Crippen LogP contribution in [0.3, 0.4) is 0 Å². The standard InChI is InChI=1S/C63H49N5/c1-38-33-40(3)59(41(4)34-38)44-19-23-46(24-20-44)61-64-62(47-25-21-45(22-26-47)60-42(5)35-39(2)36-43(60)6)66-63(65-61)48-27-29-49(30-28-48)67-57-18-12-9-15-53(57)54-37-50(31-32-58(54)67)68-55-16-10-7-13-51(55)52-14-8-11-17-56(52)68/h7-37H,1-6H3. The Kier molecular flexibility index (Phi) is 9.77. The van der Waals surface area contributed by atoms with Gasteiger partial charge in [0.2, 0.25) is 0 Å². The second-order valence-electron chi connectivity index (χ2n) is 18.5. The fourth-order valence-corrected chi connectivity index (χ4v) is 10.9. The van der Waals surface area contributed by atoms with Crippen LogP contribution in [0.15, 0.2) is 188 Å². The van der Waals surface area contributed by atoms with Crippen LogP contribution >= 0.6 is 0 Å². The molecule has 0 saturated carbocycles. The Morgan fingerprint density at radius 2 is 0.588 bits per heavy atom. The third-order valence-electron chi connectivity index (χ3n) is 13.7. The summed E-state index contributed by atoms with van der Waals surface area (Å²) in [5.41, 5.74) is 22.2. The number of benzene rings is 9. The summed E-state index contributed by atoms with van der Waals surface area (Å²) in [5, 5.41) is 4.92. The zero-order chi connectivity index (χ0) is 46.2. The smallest absolute Gasteiger partial charge is 0.164 e. The van der Waals surface area contributed by atoms with Crippen LogP contribution in [0.4, 0.5) is 0 Å². The predicted octanol–water partition coefficient (Wildman–Crippen LogP) is 16.3. The highest BCUT2D eigenvalue weighted by atomic mass is 15.0. The minimum atomic E-state index is 0.623. The van der Waals surface area contributed by atoms with Crippen molar-refractivity contribution in [1.29, 1.82) is 0 Å². The minimum Gasteiger partial charge on any atom is -0.309 e. The lowest BCUT2D eigenvalue weighted by Gasteiger charge is -2.14. The maximum atomic E-state index is 5.18. The zero-order valence-corrected chi connectivity index (χ0v) is 39.1. The summed E-state index contributed by atoms with van der Waals surface area (Å²) in [6.45, 7) is 13.1. The van der Waals surface area contributed by atoms with Crippen molar-refractivity contribution < 1.29 is 0 Å². The van der Waals surface area contributed by atoms with E-state index in [9.17, 15) is 0 Å². The first-order valence-electron chi connectivity index (χ1n) is 23.4. The number of hydrogen-bond donors (Lipinski definition) is 0. The van der Waals surface area contributed by atoms with Gasteiger partial charge in [0.15, 0.2) is 17.5 Å². The second-order valence-corrected chi connectivity index (χ2v) is 18.5. The van der Waals surface area contributed by atoms with Crippen molar-refractivity contribution in [3.05, 3.63) is 221 Å². The molecule has 0 spiro atoms. The number of aryl methyl sites for hydroxylation is 6. The first-order chi connectivity index (χ1) is 33.2. The maximum absolute atomic E-state index is 5.18. The first-order valence-corrected chi connectivity index (χ1v) is 23.4. The van der Waals surface area contributed by atoms with E-state index in [2.05, 4.69) is 239 Å². The van der Waals surface area contributed by atoms with E-state index < -0.39 is 0 Å². The molecule has 0 aliphatic rings. The van der Waals surface area contributed by atoms with Crippen LogP contribution in [-0.2, 0) is 0 Å². The summed E-state index contributed by atoms with van der Waals surface area (Å²) in [6.07, 6.45) is 0. The van der Waals surface area contributed by atoms with Gasteiger partial charge in [-0.25, -0.2) is 15.0 Å². The number of para-hydroxylation sites is 3. The summed E-state index contributed by atoms with van der Waals surface area (Å²) < 4.78 is 4.76. The highest BCUT2D eigenvalue weighted by molar-refractivity contribution is 6.12. The topological polar surface area (TPSA) is 48.5 Å². The predicted molar refractivity (Wildman–Crippen MR) is 284 cm³/mol. The van der Waals surface area contributed by atoms with Crippen LogP contribution < -0.4 is 0 Å². The molecule has 0 saturated heterocycles. The van der Waals surface area contributed by atoms with Crippen LogP contribution in [0.1, 0.15) is 33.4 Å². The molecule has 68 heavy (non-hydrogen) atoms. The van der Waals surface area contributed by atoms with E-state index in [4.69, 9.17) is 15.0 Å². The van der Waals surface area contributed by atoms with Gasteiger partial charge in [0, 0.05) is 49.6 Å². The van der Waals surface area contributed by atoms with Crippen molar-refractivity contribution in [1.82, 2.24) is 24.1 Å². The van der Waals surface area contributed by atoms with Gasteiger partial charge in [-0.3, -0.25) is 0 Å². The molecule has 0 aliphatic heterocycles. The van der Waals surface area contributed by atoms with E-state index in [0.717, 1.165) is 39.1 Å². The first kappa shape index (κ1) is 41.1. The van der Waals surface area contributed by atoms with Gasteiger partial charge in [0.1, 0.15) is 0 Å². The van der Waals surface area contributed by atoms with Crippen molar-refractivity contribution in [3.8, 4) is 67.8 Å². The number of hydrogen-bond acceptors (Lipinski definition) is 3. The monoisotopic (exact) mass is 875 g/mol. The van der Waals surface area contributed by atoms with Crippen LogP contribution in [0, 0.1) is 41.5 Å². The normalized spacial score (nSPS) is 11.7. The Morgan fingerprint density at radius 1 is 0.279 bits per heavy atom. The van der Waals surface area contributed by atoms with Gasteiger partial charge in [-0.05, 0) is 147 Å². The molecule has 0 bridgehead atoms. The van der Waals surface area contributed by atoms with Gasteiger partial charge in [0.25, 0.3) is 0 Å². The Balaban J connectivity index is 0.953. The second kappa shape index (κ2) is 16.2. The Morgan fingerprint density at radius 3 is 1.00 bits per heavy atom. The van der Waals surface area contributed by atoms with Crippen molar-refractivity contribution in [2.24, 2.45) is 0 Å². The highest BCUT2D eigenvalue weighted by Gasteiger charge is 2.19. The fourth-order valence-electron chi connectivity index (χ4n) is 10.9. The number of nitrogens with zero attached hydrogens (tertiary/aromatic N) is 5. The van der Waals surface area contributed by atoms with E-state index in [1.807, 2.05) is 0 Å². The SMILES string of the molecule is Cc1cc(C)c(-c2ccc(-c3nc(-c4ccc(-c5c(C)cc(C)cc5C)cc4)nc(-c4ccc(-n5c6ccccc6c6cc(-n7c8ccccc8c8ccccc87)ccc65)cc4)n3)cc2)c(C)c1. The summed E-state index contributed by atoms with van der Waals surface area (Å²) in [4.78, 5) is 15.5. The number of rotatable bonds is 7. The van der Waals surface area contributed by atoms with E-state index in [-0.39, 0.29) is 0 Å². The third-order valence-corrected chi connectivity index (χ3v) is 13.7. The Hall–Kier alpha value is -8.41. The molecule has 0 fully saturated rings. The van der Waals surface area contributed by atoms with Crippen LogP contribution in [0.25, 0.3) is 111 Å². The maximum Gasteiger partial charge on any atom is 0.164 e. The highest BCUT2D eigenvalue weighted by Crippen LogP contribution is 2.38. The van der Waals surface area contributed by atoms with Gasteiger partial charge in [0.05, 0.1) is 22.1 Å². The van der Waals surface area contributed by atoms with Crippen molar-refractivity contribution in [3.63, 3.8) is 0 Å². The molecule has 0 aliphatic carbocycles. The summed E-state index contributed by atoms with van der Waals surface area (Å²) in [6, 6.07) is 68.0. The summed E-state index contributed by atoms with van der Waals surface area (Å²) >= 11 is 0. The third kappa shape index (κ3) is 6.89. The lowest BCUT2D eigenvalue weighted by Crippen LogP contribution is -2.01. The zero-order valence-electron chi connectivity index (χ0n) is 39.1. The lowest BCUT2D eigenvalue weighted by molar-refractivity contribution is 1.07. The number of aromatic nitrogens is 5. The molecule has 12 aromatic rings. The molecule has 0 N–H and O–H groups in total. The molecular formula is C63H49N5. The summed E-state index contributed by atoms with van der Waals surface area (Å²) in [7, 11) is 0. The van der Waals surface area contributed by atoms with E-state index >= 15 is 0 Å². The van der Waals surface area contributed by atoms with Gasteiger partial charge in [-0.15, -0.1) is 0 Å². The molecule has 5 nitrogen and oxygen atoms in total. The van der Waals surface area contributed by atoms with E-state index in [0.29, 0.717) is 17.5 Å². The molecule has 326 valence electrons. The largest absolute Gasteiger partial charge is 0.309 e. The molecule has 0 unspecified atom stereocenters. The molecular weight excluding hydrogens is 827 g/mol. The number of fused-ring (bicyclic) bond motifs is 6. The van der Waals surface area contributed by atoms with Crippen molar-refractivity contribution >= 4 is 43.6 Å². The van der Waals surface area contributed by atoms with Crippen LogP contribution in [0.5, 0.6) is 0 Å². The summed E-state index contributed by atoms with van der Waals surface area (Å²) in [5.74, 6) is 1.89.